The monoisotopic (exact) mass is 285 g/mol. The summed E-state index contributed by atoms with van der Waals surface area (Å²) in [5.41, 5.74) is 12.0. The minimum Gasteiger partial charge on any atom is -0.449 e. The molecule has 0 aliphatic heterocycles. The van der Waals surface area contributed by atoms with Gasteiger partial charge in [0, 0.05) is 0 Å². The highest BCUT2D eigenvalue weighted by Crippen LogP contribution is 2.10. The Bertz CT molecular complexity index is 549. The second-order valence-corrected chi connectivity index (χ2v) is 3.20. The van der Waals surface area contributed by atoms with Gasteiger partial charge < -0.3 is 21.5 Å². The van der Waals surface area contributed by atoms with E-state index in [1.807, 2.05) is 5.43 Å². The quantitative estimate of drug-likeness (QED) is 0.320. The first-order valence-electron chi connectivity index (χ1n) is 5.29. The van der Waals surface area contributed by atoms with E-state index in [4.69, 9.17) is 11.5 Å². The summed E-state index contributed by atoms with van der Waals surface area (Å²) in [5.74, 6) is -2.85. The molecule has 0 aliphatic rings. The molecule has 0 fully saturated rings. The van der Waals surface area contributed by atoms with E-state index in [2.05, 4.69) is 25.1 Å². The molecule has 0 saturated heterocycles. The van der Waals surface area contributed by atoms with Crippen LogP contribution in [-0.2, 0) is 4.74 Å². The first-order chi connectivity index (χ1) is 9.45. The molecule has 0 atom stereocenters. The zero-order valence-corrected chi connectivity index (χ0v) is 10.4. The molecule has 1 rings (SSSR count). The Hall–Kier alpha value is -2.98. The number of nitrogens with zero attached hydrogens (tertiary/aromatic N) is 3. The molecule has 10 nitrogen and oxygen atoms in total. The molecule has 20 heavy (non-hydrogen) atoms. The number of halogens is 1. The molecule has 1 heterocycles. The van der Waals surface area contributed by atoms with Crippen LogP contribution in [0.1, 0.15) is 17.4 Å². The van der Waals surface area contributed by atoms with Gasteiger partial charge in [-0.25, -0.2) is 20.2 Å². The molecule has 2 amide bonds. The highest BCUT2D eigenvalue weighted by Gasteiger charge is 2.15. The van der Waals surface area contributed by atoms with Gasteiger partial charge in [-0.1, -0.05) is 0 Å². The van der Waals surface area contributed by atoms with E-state index < -0.39 is 29.5 Å². The fourth-order valence-corrected chi connectivity index (χ4v) is 1.02. The van der Waals surface area contributed by atoms with Gasteiger partial charge in [-0.05, 0) is 6.92 Å². The van der Waals surface area contributed by atoms with E-state index in [0.29, 0.717) is 0 Å². The van der Waals surface area contributed by atoms with Crippen LogP contribution in [0.15, 0.2) is 5.10 Å². The zero-order chi connectivity index (χ0) is 15.1. The average molecular weight is 285 g/mol. The minimum atomic E-state index is -1.12. The molecule has 1 aromatic rings. The molecular weight excluding hydrogens is 273 g/mol. The highest BCUT2D eigenvalue weighted by molar-refractivity contribution is 6.02. The van der Waals surface area contributed by atoms with Gasteiger partial charge >= 0.3 is 6.09 Å². The van der Waals surface area contributed by atoms with Crippen molar-refractivity contribution in [3.05, 3.63) is 11.6 Å². The summed E-state index contributed by atoms with van der Waals surface area (Å²) in [5, 5.41) is 5.43. The first-order valence-corrected chi connectivity index (χ1v) is 5.29. The SMILES string of the molecule is CCOC(=O)NN=CNC(=O)c1nc(F)c(N)nc1N. The highest BCUT2D eigenvalue weighted by atomic mass is 19.1. The number of rotatable bonds is 4. The van der Waals surface area contributed by atoms with E-state index in [9.17, 15) is 14.0 Å². The standard InChI is InChI=1S/C9H12FN7O3/c1-2-20-9(19)17-14-3-13-8(18)4-6(11)16-7(12)5(10)15-4/h3H,2H2,1H3,(H,17,19)(H4,11,12,16)(H,13,14,18). The lowest BCUT2D eigenvalue weighted by Gasteiger charge is -2.04. The Labute approximate surface area is 112 Å². The van der Waals surface area contributed by atoms with Gasteiger partial charge in [0.05, 0.1) is 6.61 Å². The van der Waals surface area contributed by atoms with Crippen molar-refractivity contribution in [2.45, 2.75) is 6.92 Å². The Morgan fingerprint density at radius 3 is 2.75 bits per heavy atom. The number of nitrogens with two attached hydrogens (primary N) is 2. The van der Waals surface area contributed by atoms with Gasteiger partial charge in [-0.3, -0.25) is 4.79 Å². The van der Waals surface area contributed by atoms with Crippen LogP contribution in [-0.4, -0.2) is 34.9 Å². The Morgan fingerprint density at radius 2 is 2.10 bits per heavy atom. The number of hydrazone groups is 1. The molecule has 0 unspecified atom stereocenters. The second-order valence-electron chi connectivity index (χ2n) is 3.20. The van der Waals surface area contributed by atoms with Gasteiger partial charge in [0.15, 0.2) is 17.3 Å². The zero-order valence-electron chi connectivity index (χ0n) is 10.4. The van der Waals surface area contributed by atoms with E-state index in [1.54, 1.807) is 6.92 Å². The lowest BCUT2D eigenvalue weighted by atomic mass is 10.4. The number of aromatic nitrogens is 2. The third kappa shape index (κ3) is 4.04. The van der Waals surface area contributed by atoms with Crippen LogP contribution in [0.4, 0.5) is 20.8 Å². The van der Waals surface area contributed by atoms with Crippen LogP contribution in [0, 0.1) is 5.95 Å². The van der Waals surface area contributed by atoms with Crippen molar-refractivity contribution >= 4 is 30.0 Å². The molecule has 11 heteroatoms. The lowest BCUT2D eigenvalue weighted by molar-refractivity contribution is 0.0972. The molecule has 0 spiro atoms. The molecule has 0 bridgehead atoms. The van der Waals surface area contributed by atoms with Crippen molar-refractivity contribution in [1.82, 2.24) is 20.7 Å². The number of nitrogen functional groups attached to an aromatic ring is 2. The smallest absolute Gasteiger partial charge is 0.427 e. The summed E-state index contributed by atoms with van der Waals surface area (Å²) < 4.78 is 17.6. The summed E-state index contributed by atoms with van der Waals surface area (Å²) in [7, 11) is 0. The third-order valence-corrected chi connectivity index (χ3v) is 1.81. The predicted molar refractivity (Wildman–Crippen MR) is 66.9 cm³/mol. The maximum absolute atomic E-state index is 13.1. The topological polar surface area (TPSA) is 158 Å². The van der Waals surface area contributed by atoms with Gasteiger partial charge in [-0.2, -0.15) is 9.49 Å². The largest absolute Gasteiger partial charge is 0.449 e. The lowest BCUT2D eigenvalue weighted by Crippen LogP contribution is -2.27. The van der Waals surface area contributed by atoms with Crippen molar-refractivity contribution < 1.29 is 18.7 Å². The molecule has 6 N–H and O–H groups in total. The van der Waals surface area contributed by atoms with Crippen LogP contribution in [0.3, 0.4) is 0 Å². The maximum Gasteiger partial charge on any atom is 0.427 e. The van der Waals surface area contributed by atoms with Gasteiger partial charge in [0.25, 0.3) is 11.9 Å². The molecule has 1 aromatic heterocycles. The number of carbonyl (C=O) groups excluding carboxylic acids is 2. The summed E-state index contributed by atoms with van der Waals surface area (Å²) in [6.45, 7) is 1.78. The van der Waals surface area contributed by atoms with Crippen molar-refractivity contribution in [1.29, 1.82) is 0 Å². The number of hydrogen-bond donors (Lipinski definition) is 4. The summed E-state index contributed by atoms with van der Waals surface area (Å²) in [6, 6.07) is 0. The summed E-state index contributed by atoms with van der Waals surface area (Å²) >= 11 is 0. The van der Waals surface area contributed by atoms with E-state index in [-0.39, 0.29) is 12.4 Å². The Morgan fingerprint density at radius 1 is 1.40 bits per heavy atom. The fourth-order valence-electron chi connectivity index (χ4n) is 1.02. The normalized spacial score (nSPS) is 10.3. The van der Waals surface area contributed by atoms with Crippen LogP contribution in [0.25, 0.3) is 0 Å². The first kappa shape index (κ1) is 15.1. The number of nitrogens with one attached hydrogen (secondary N) is 2. The van der Waals surface area contributed by atoms with E-state index in [0.717, 1.165) is 6.34 Å². The summed E-state index contributed by atoms with van der Waals surface area (Å²) in [6.07, 6.45) is 0.0464. The Balaban J connectivity index is 2.62. The average Bonchev–Trinajstić information content (AvgIpc) is 2.39. The van der Waals surface area contributed by atoms with Gasteiger partial charge in [0.1, 0.15) is 6.34 Å². The van der Waals surface area contributed by atoms with Gasteiger partial charge in [0.2, 0.25) is 0 Å². The number of ether oxygens (including phenoxy) is 1. The number of carbonyl (C=O) groups is 2. The second kappa shape index (κ2) is 6.82. The third-order valence-electron chi connectivity index (χ3n) is 1.81. The van der Waals surface area contributed by atoms with Crippen molar-refractivity contribution in [3.63, 3.8) is 0 Å². The molecule has 108 valence electrons. The summed E-state index contributed by atoms with van der Waals surface area (Å²) in [4.78, 5) is 29.0. The molecule has 0 radical (unpaired) electrons. The minimum absolute atomic E-state index is 0.171. The van der Waals surface area contributed by atoms with Crippen molar-refractivity contribution in [3.8, 4) is 0 Å². The van der Waals surface area contributed by atoms with Crippen LogP contribution in [0.5, 0.6) is 0 Å². The maximum atomic E-state index is 13.1. The van der Waals surface area contributed by atoms with Crippen LogP contribution < -0.4 is 22.2 Å². The Kier molecular flexibility index (Phi) is 5.14. The molecule has 0 aromatic carbocycles. The van der Waals surface area contributed by atoms with Crippen LogP contribution in [0.2, 0.25) is 0 Å². The number of hydrogen-bond acceptors (Lipinski definition) is 8. The van der Waals surface area contributed by atoms with Crippen molar-refractivity contribution in [2.24, 2.45) is 5.10 Å². The molecular formula is C9H12FN7O3. The predicted octanol–water partition coefficient (Wildman–Crippen LogP) is -0.801. The van der Waals surface area contributed by atoms with E-state index in [1.165, 1.54) is 0 Å². The van der Waals surface area contributed by atoms with Gasteiger partial charge in [-0.15, -0.1) is 0 Å². The molecule has 0 aliphatic carbocycles. The van der Waals surface area contributed by atoms with Crippen LogP contribution >= 0.6 is 0 Å². The number of anilines is 2. The van der Waals surface area contributed by atoms with Crippen molar-refractivity contribution in [2.75, 3.05) is 18.1 Å². The van der Waals surface area contributed by atoms with E-state index >= 15 is 0 Å². The number of amides is 2. The molecule has 0 saturated carbocycles. The fraction of sp³-hybridized carbons (Fsp3) is 0.222.